The Hall–Kier alpha value is -1.36. The van der Waals surface area contributed by atoms with Gasteiger partial charge in [-0.05, 0) is 31.4 Å². The van der Waals surface area contributed by atoms with Gasteiger partial charge in [0.25, 0.3) is 0 Å². The number of amides is 1. The van der Waals surface area contributed by atoms with Crippen LogP contribution >= 0.6 is 15.9 Å². The molecule has 5 heteroatoms. The molecule has 1 aromatic carbocycles. The third kappa shape index (κ3) is 4.34. The molecule has 20 heavy (non-hydrogen) atoms. The van der Waals surface area contributed by atoms with Crippen molar-refractivity contribution in [2.24, 2.45) is 0 Å². The third-order valence-corrected chi connectivity index (χ3v) is 3.77. The number of rotatable bonds is 8. The van der Waals surface area contributed by atoms with Gasteiger partial charge in [0.05, 0.1) is 17.4 Å². The molecule has 0 radical (unpaired) electrons. The number of nitrogens with zero attached hydrogens (tertiary/aromatic N) is 2. The minimum atomic E-state index is 0.154. The van der Waals surface area contributed by atoms with E-state index in [1.807, 2.05) is 24.5 Å². The average molecular weight is 338 g/mol. The second kappa shape index (κ2) is 8.04. The summed E-state index contributed by atoms with van der Waals surface area (Å²) in [6.45, 7) is 1.60. The highest BCUT2D eigenvalue weighted by Gasteiger charge is 2.02. The fourth-order valence-electron chi connectivity index (χ4n) is 2.13. The van der Waals surface area contributed by atoms with Crippen molar-refractivity contribution >= 4 is 32.9 Å². The number of carbonyl (C=O) groups excluding carboxylic acids is 1. The molecule has 0 aliphatic rings. The first-order valence-electron chi connectivity index (χ1n) is 7.04. The molecular weight excluding hydrogens is 318 g/mol. The summed E-state index contributed by atoms with van der Waals surface area (Å²) in [6.07, 6.45) is 5.41. The lowest BCUT2D eigenvalue weighted by Crippen LogP contribution is -2.24. The van der Waals surface area contributed by atoms with Gasteiger partial charge in [0.1, 0.15) is 0 Å². The summed E-state index contributed by atoms with van der Waals surface area (Å²) < 4.78 is 2.13. The number of carbonyl (C=O) groups is 1. The van der Waals surface area contributed by atoms with Gasteiger partial charge in [-0.25, -0.2) is 4.98 Å². The maximum Gasteiger partial charge on any atom is 0.219 e. The van der Waals surface area contributed by atoms with Crippen molar-refractivity contribution in [3.8, 4) is 0 Å². The molecule has 1 N–H and O–H groups in total. The highest BCUT2D eigenvalue weighted by molar-refractivity contribution is 9.09. The number of hydrogen-bond donors (Lipinski definition) is 1. The summed E-state index contributed by atoms with van der Waals surface area (Å²) in [5, 5.41) is 3.93. The van der Waals surface area contributed by atoms with E-state index < -0.39 is 0 Å². The maximum atomic E-state index is 11.5. The Kier molecular flexibility index (Phi) is 6.05. The van der Waals surface area contributed by atoms with Crippen LogP contribution in [-0.2, 0) is 11.3 Å². The Morgan fingerprint density at radius 3 is 2.95 bits per heavy atom. The number of nitrogens with one attached hydrogen (secondary N) is 1. The van der Waals surface area contributed by atoms with Crippen LogP contribution in [0.15, 0.2) is 30.6 Å². The second-order valence-electron chi connectivity index (χ2n) is 4.78. The van der Waals surface area contributed by atoms with E-state index in [9.17, 15) is 4.79 Å². The number of aryl methyl sites for hydroxylation is 1. The molecule has 2 rings (SSSR count). The molecule has 1 amide bonds. The molecular formula is C15H20BrN3O. The van der Waals surface area contributed by atoms with Crippen LogP contribution in [0.2, 0.25) is 0 Å². The van der Waals surface area contributed by atoms with Crippen molar-refractivity contribution in [2.45, 2.75) is 32.2 Å². The number of hydrogen-bond acceptors (Lipinski definition) is 2. The minimum Gasteiger partial charge on any atom is -0.356 e. The summed E-state index contributed by atoms with van der Waals surface area (Å²) in [6, 6.07) is 8.09. The van der Waals surface area contributed by atoms with Gasteiger partial charge < -0.3 is 9.88 Å². The molecule has 0 aliphatic carbocycles. The van der Waals surface area contributed by atoms with Crippen molar-refractivity contribution < 1.29 is 4.79 Å². The molecule has 0 atom stereocenters. The zero-order valence-electron chi connectivity index (χ0n) is 11.5. The normalized spacial score (nSPS) is 10.8. The standard InChI is InChI=1S/C15H20BrN3O/c16-9-4-3-8-15(20)17-10-5-11-19-12-18-13-6-1-2-7-14(13)19/h1-2,6-7,12H,3-5,8-11H2,(H,17,20). The highest BCUT2D eigenvalue weighted by atomic mass is 79.9. The predicted molar refractivity (Wildman–Crippen MR) is 85.0 cm³/mol. The molecule has 0 aliphatic heterocycles. The van der Waals surface area contributed by atoms with Gasteiger partial charge in [0, 0.05) is 24.8 Å². The fraction of sp³-hybridized carbons (Fsp3) is 0.467. The SMILES string of the molecule is O=C(CCCCBr)NCCCn1cnc2ccccc21. The highest BCUT2D eigenvalue weighted by Crippen LogP contribution is 2.11. The summed E-state index contributed by atoms with van der Waals surface area (Å²) in [4.78, 5) is 15.9. The first kappa shape index (κ1) is 15.0. The monoisotopic (exact) mass is 337 g/mol. The van der Waals surface area contributed by atoms with Gasteiger partial charge in [-0.3, -0.25) is 4.79 Å². The molecule has 108 valence electrons. The summed E-state index contributed by atoms with van der Waals surface area (Å²) in [5.41, 5.74) is 2.17. The molecule has 0 spiro atoms. The van der Waals surface area contributed by atoms with Crippen LogP contribution in [0.3, 0.4) is 0 Å². The predicted octanol–water partition coefficient (Wildman–Crippen LogP) is 3.11. The maximum absolute atomic E-state index is 11.5. The molecule has 0 saturated carbocycles. The van der Waals surface area contributed by atoms with E-state index in [0.717, 1.165) is 48.7 Å². The van der Waals surface area contributed by atoms with E-state index in [1.165, 1.54) is 0 Å². The Morgan fingerprint density at radius 2 is 2.10 bits per heavy atom. The molecule has 1 heterocycles. The van der Waals surface area contributed by atoms with Crippen molar-refractivity contribution in [3.63, 3.8) is 0 Å². The van der Waals surface area contributed by atoms with Gasteiger partial charge in [-0.1, -0.05) is 28.1 Å². The number of fused-ring (bicyclic) bond motifs is 1. The lowest BCUT2D eigenvalue weighted by Gasteiger charge is -2.06. The molecule has 1 aromatic heterocycles. The molecule has 2 aromatic rings. The Labute approximate surface area is 127 Å². The number of para-hydroxylation sites is 2. The fourth-order valence-corrected chi connectivity index (χ4v) is 2.53. The third-order valence-electron chi connectivity index (χ3n) is 3.21. The van der Waals surface area contributed by atoms with Gasteiger partial charge >= 0.3 is 0 Å². The van der Waals surface area contributed by atoms with E-state index in [-0.39, 0.29) is 5.91 Å². The average Bonchev–Trinajstić information content (AvgIpc) is 2.87. The van der Waals surface area contributed by atoms with E-state index >= 15 is 0 Å². The molecule has 0 unspecified atom stereocenters. The molecule has 0 bridgehead atoms. The number of benzene rings is 1. The number of unbranched alkanes of at least 4 members (excludes halogenated alkanes) is 1. The quantitative estimate of drug-likeness (QED) is 0.594. The van der Waals surface area contributed by atoms with Gasteiger partial charge in [0.2, 0.25) is 5.91 Å². The van der Waals surface area contributed by atoms with Crippen LogP contribution in [0, 0.1) is 0 Å². The summed E-state index contributed by atoms with van der Waals surface area (Å²) >= 11 is 3.36. The van der Waals surface area contributed by atoms with E-state index in [0.29, 0.717) is 6.42 Å². The smallest absolute Gasteiger partial charge is 0.219 e. The van der Waals surface area contributed by atoms with Crippen molar-refractivity contribution in [3.05, 3.63) is 30.6 Å². The lowest BCUT2D eigenvalue weighted by molar-refractivity contribution is -0.121. The van der Waals surface area contributed by atoms with E-state index in [2.05, 4.69) is 36.9 Å². The topological polar surface area (TPSA) is 46.9 Å². The van der Waals surface area contributed by atoms with Crippen LogP contribution in [0.25, 0.3) is 11.0 Å². The summed E-state index contributed by atoms with van der Waals surface area (Å²) in [7, 11) is 0. The van der Waals surface area contributed by atoms with Crippen LogP contribution in [-0.4, -0.2) is 27.3 Å². The van der Waals surface area contributed by atoms with Crippen molar-refractivity contribution in [2.75, 3.05) is 11.9 Å². The largest absolute Gasteiger partial charge is 0.356 e. The Morgan fingerprint density at radius 1 is 1.25 bits per heavy atom. The van der Waals surface area contributed by atoms with Crippen LogP contribution in [0.1, 0.15) is 25.7 Å². The van der Waals surface area contributed by atoms with E-state index in [1.54, 1.807) is 0 Å². The lowest BCUT2D eigenvalue weighted by atomic mass is 10.2. The van der Waals surface area contributed by atoms with Crippen LogP contribution in [0.5, 0.6) is 0 Å². The first-order valence-corrected chi connectivity index (χ1v) is 8.16. The number of imidazole rings is 1. The van der Waals surface area contributed by atoms with Gasteiger partial charge in [-0.15, -0.1) is 0 Å². The van der Waals surface area contributed by atoms with Crippen LogP contribution in [0.4, 0.5) is 0 Å². The molecule has 0 saturated heterocycles. The zero-order chi connectivity index (χ0) is 14.2. The number of aromatic nitrogens is 2. The Bertz CT molecular complexity index is 553. The van der Waals surface area contributed by atoms with E-state index in [4.69, 9.17) is 0 Å². The number of halogens is 1. The van der Waals surface area contributed by atoms with Gasteiger partial charge in [-0.2, -0.15) is 0 Å². The number of alkyl halides is 1. The van der Waals surface area contributed by atoms with Gasteiger partial charge in [0.15, 0.2) is 0 Å². The second-order valence-corrected chi connectivity index (χ2v) is 5.57. The summed E-state index contributed by atoms with van der Waals surface area (Å²) in [5.74, 6) is 0.154. The molecule has 4 nitrogen and oxygen atoms in total. The van der Waals surface area contributed by atoms with Crippen LogP contribution < -0.4 is 5.32 Å². The Balaban J connectivity index is 1.70. The molecule has 0 fully saturated rings. The zero-order valence-corrected chi connectivity index (χ0v) is 13.1. The van der Waals surface area contributed by atoms with Crippen molar-refractivity contribution in [1.29, 1.82) is 0 Å². The van der Waals surface area contributed by atoms with Crippen molar-refractivity contribution in [1.82, 2.24) is 14.9 Å². The first-order chi connectivity index (χ1) is 9.81. The minimum absolute atomic E-state index is 0.154.